The van der Waals surface area contributed by atoms with Gasteiger partial charge < -0.3 is 15.7 Å². The summed E-state index contributed by atoms with van der Waals surface area (Å²) in [7, 11) is 0. The van der Waals surface area contributed by atoms with Crippen LogP contribution in [0.5, 0.6) is 0 Å². The van der Waals surface area contributed by atoms with E-state index in [1.165, 1.54) is 12.8 Å². The van der Waals surface area contributed by atoms with E-state index >= 15 is 0 Å². The monoisotopic (exact) mass is 283 g/mol. The third-order valence-corrected chi connectivity index (χ3v) is 4.11. The van der Waals surface area contributed by atoms with Crippen molar-refractivity contribution in [3.05, 3.63) is 0 Å². The van der Waals surface area contributed by atoms with Gasteiger partial charge in [0, 0.05) is 31.7 Å². The van der Waals surface area contributed by atoms with Gasteiger partial charge in [0.15, 0.2) is 0 Å². The second-order valence-corrected chi connectivity index (χ2v) is 5.89. The summed E-state index contributed by atoms with van der Waals surface area (Å²) in [6, 6.07) is 0.700. The Morgan fingerprint density at radius 3 is 2.70 bits per heavy atom. The van der Waals surface area contributed by atoms with Gasteiger partial charge in [0.05, 0.1) is 5.92 Å². The summed E-state index contributed by atoms with van der Waals surface area (Å²) in [5, 5.41) is 14.7. The largest absolute Gasteiger partial charge is 0.481 e. The molecule has 3 N–H and O–H groups in total. The van der Waals surface area contributed by atoms with Gasteiger partial charge in [-0.15, -0.1) is 0 Å². The molecule has 1 saturated carbocycles. The molecule has 0 aromatic carbocycles. The Bertz CT molecular complexity index is 358. The number of hydrogen-bond donors (Lipinski definition) is 3. The normalized spacial score (nSPS) is 24.4. The number of nitrogens with zero attached hydrogens (tertiary/aromatic N) is 1. The van der Waals surface area contributed by atoms with Crippen LogP contribution < -0.4 is 10.6 Å². The van der Waals surface area contributed by atoms with Crippen molar-refractivity contribution < 1.29 is 14.7 Å². The van der Waals surface area contributed by atoms with E-state index in [4.69, 9.17) is 5.11 Å². The van der Waals surface area contributed by atoms with Gasteiger partial charge in [-0.05, 0) is 25.7 Å². The van der Waals surface area contributed by atoms with E-state index in [0.29, 0.717) is 6.42 Å². The maximum atomic E-state index is 11.8. The highest BCUT2D eigenvalue weighted by Gasteiger charge is 2.34. The molecule has 2 atom stereocenters. The third-order valence-electron chi connectivity index (χ3n) is 4.11. The second kappa shape index (κ2) is 6.92. The van der Waals surface area contributed by atoms with Crippen LogP contribution in [0.4, 0.5) is 4.79 Å². The second-order valence-electron chi connectivity index (χ2n) is 5.89. The van der Waals surface area contributed by atoms with Crippen molar-refractivity contribution in [1.82, 2.24) is 15.5 Å². The van der Waals surface area contributed by atoms with Crippen LogP contribution in [0.3, 0.4) is 0 Å². The molecule has 20 heavy (non-hydrogen) atoms. The quantitative estimate of drug-likeness (QED) is 0.651. The van der Waals surface area contributed by atoms with Crippen molar-refractivity contribution in [2.24, 2.45) is 5.92 Å². The number of carbonyl (C=O) groups excluding carboxylic acids is 1. The summed E-state index contributed by atoms with van der Waals surface area (Å²) in [5.74, 6) is -1.33. The van der Waals surface area contributed by atoms with E-state index < -0.39 is 11.9 Å². The van der Waals surface area contributed by atoms with Crippen molar-refractivity contribution in [3.8, 4) is 0 Å². The van der Waals surface area contributed by atoms with Gasteiger partial charge in [-0.25, -0.2) is 4.79 Å². The molecule has 1 saturated heterocycles. The van der Waals surface area contributed by atoms with Gasteiger partial charge in [0.2, 0.25) is 0 Å². The maximum Gasteiger partial charge on any atom is 0.315 e. The SMILES string of the molecule is CCCC(CNC(=O)NC1CCN(C2CC2)C1)C(=O)O. The molecule has 0 radical (unpaired) electrons. The zero-order valence-electron chi connectivity index (χ0n) is 12.1. The Hall–Kier alpha value is -1.30. The highest BCUT2D eigenvalue weighted by molar-refractivity contribution is 5.76. The summed E-state index contributed by atoms with van der Waals surface area (Å²) >= 11 is 0. The first-order valence-electron chi connectivity index (χ1n) is 7.61. The van der Waals surface area contributed by atoms with Crippen LogP contribution in [-0.4, -0.2) is 53.7 Å². The molecule has 0 bridgehead atoms. The van der Waals surface area contributed by atoms with E-state index in [-0.39, 0.29) is 18.6 Å². The van der Waals surface area contributed by atoms with Crippen molar-refractivity contribution in [3.63, 3.8) is 0 Å². The molecule has 1 heterocycles. The fraction of sp³-hybridized carbons (Fsp3) is 0.857. The van der Waals surface area contributed by atoms with E-state index in [1.807, 2.05) is 6.92 Å². The highest BCUT2D eigenvalue weighted by atomic mass is 16.4. The molecule has 1 aliphatic heterocycles. The first kappa shape index (κ1) is 15.1. The Morgan fingerprint density at radius 1 is 1.35 bits per heavy atom. The molecule has 2 fully saturated rings. The lowest BCUT2D eigenvalue weighted by Crippen LogP contribution is -2.45. The van der Waals surface area contributed by atoms with E-state index in [1.54, 1.807) is 0 Å². The molecule has 2 rings (SSSR count). The van der Waals surface area contributed by atoms with Crippen LogP contribution >= 0.6 is 0 Å². The number of carboxylic acids is 1. The standard InChI is InChI=1S/C14H25N3O3/c1-2-3-10(13(18)19)8-15-14(20)16-11-6-7-17(9-11)12-4-5-12/h10-12H,2-9H2,1H3,(H,18,19)(H2,15,16,20). The Morgan fingerprint density at radius 2 is 2.10 bits per heavy atom. The Kier molecular flexibility index (Phi) is 5.23. The van der Waals surface area contributed by atoms with Crippen molar-refractivity contribution >= 4 is 12.0 Å². The topological polar surface area (TPSA) is 81.7 Å². The van der Waals surface area contributed by atoms with Crippen LogP contribution in [0.25, 0.3) is 0 Å². The van der Waals surface area contributed by atoms with E-state index in [0.717, 1.165) is 32.0 Å². The molecule has 0 aromatic heterocycles. The van der Waals surface area contributed by atoms with Gasteiger partial charge in [-0.3, -0.25) is 9.69 Å². The van der Waals surface area contributed by atoms with Crippen LogP contribution in [0.1, 0.15) is 39.0 Å². The number of carboxylic acid groups (broad SMARTS) is 1. The number of rotatable bonds is 7. The highest BCUT2D eigenvalue weighted by Crippen LogP contribution is 2.29. The number of hydrogen-bond acceptors (Lipinski definition) is 3. The first-order valence-corrected chi connectivity index (χ1v) is 7.61. The number of carbonyl (C=O) groups is 2. The fourth-order valence-corrected chi connectivity index (χ4v) is 2.79. The van der Waals surface area contributed by atoms with Crippen molar-refractivity contribution in [2.45, 2.75) is 51.1 Å². The average molecular weight is 283 g/mol. The molecule has 114 valence electrons. The molecule has 2 amide bonds. The minimum Gasteiger partial charge on any atom is -0.481 e. The predicted molar refractivity (Wildman–Crippen MR) is 75.6 cm³/mol. The maximum absolute atomic E-state index is 11.8. The summed E-state index contributed by atoms with van der Waals surface area (Å²) in [5.41, 5.74) is 0. The van der Waals surface area contributed by atoms with Gasteiger partial charge in [0.1, 0.15) is 0 Å². The molecule has 0 spiro atoms. The van der Waals surface area contributed by atoms with E-state index in [9.17, 15) is 9.59 Å². The zero-order chi connectivity index (χ0) is 14.5. The molecule has 6 heteroatoms. The summed E-state index contributed by atoms with van der Waals surface area (Å²) < 4.78 is 0. The summed E-state index contributed by atoms with van der Waals surface area (Å²) in [4.78, 5) is 25.2. The number of urea groups is 1. The van der Waals surface area contributed by atoms with Crippen LogP contribution in [0.15, 0.2) is 0 Å². The van der Waals surface area contributed by atoms with Gasteiger partial charge in [0.25, 0.3) is 0 Å². The van der Waals surface area contributed by atoms with Gasteiger partial charge >= 0.3 is 12.0 Å². The molecular weight excluding hydrogens is 258 g/mol. The average Bonchev–Trinajstić information content (AvgIpc) is 3.15. The summed E-state index contributed by atoms with van der Waals surface area (Å²) in [6.07, 6.45) is 4.96. The zero-order valence-corrected chi connectivity index (χ0v) is 12.1. The first-order chi connectivity index (χ1) is 9.60. The smallest absolute Gasteiger partial charge is 0.315 e. The molecule has 1 aliphatic carbocycles. The van der Waals surface area contributed by atoms with Crippen molar-refractivity contribution in [1.29, 1.82) is 0 Å². The Labute approximate surface area is 119 Å². The summed E-state index contributed by atoms with van der Waals surface area (Å²) in [6.45, 7) is 4.13. The van der Waals surface area contributed by atoms with Crippen molar-refractivity contribution in [2.75, 3.05) is 19.6 Å². The van der Waals surface area contributed by atoms with Crippen LogP contribution in [0.2, 0.25) is 0 Å². The Balaban J connectivity index is 1.65. The fourth-order valence-electron chi connectivity index (χ4n) is 2.79. The lowest BCUT2D eigenvalue weighted by molar-refractivity contribution is -0.141. The lowest BCUT2D eigenvalue weighted by atomic mass is 10.0. The van der Waals surface area contributed by atoms with E-state index in [2.05, 4.69) is 15.5 Å². The van der Waals surface area contributed by atoms with Gasteiger partial charge in [-0.1, -0.05) is 13.3 Å². The minimum absolute atomic E-state index is 0.199. The molecule has 0 aromatic rings. The van der Waals surface area contributed by atoms with Crippen LogP contribution in [0, 0.1) is 5.92 Å². The number of likely N-dealkylation sites (tertiary alicyclic amines) is 1. The molecular formula is C14H25N3O3. The third kappa shape index (κ3) is 4.37. The lowest BCUT2D eigenvalue weighted by Gasteiger charge is -2.17. The molecule has 2 aliphatic rings. The number of amides is 2. The minimum atomic E-state index is -0.840. The number of nitrogens with one attached hydrogen (secondary N) is 2. The van der Waals surface area contributed by atoms with Gasteiger partial charge in [-0.2, -0.15) is 0 Å². The van der Waals surface area contributed by atoms with Crippen LogP contribution in [-0.2, 0) is 4.79 Å². The molecule has 2 unspecified atom stereocenters. The predicted octanol–water partition coefficient (Wildman–Crippen LogP) is 1.02. The molecule has 6 nitrogen and oxygen atoms in total. The number of aliphatic carboxylic acids is 1.